The van der Waals surface area contributed by atoms with Crippen LogP contribution in [-0.4, -0.2) is 5.11 Å². The van der Waals surface area contributed by atoms with Gasteiger partial charge in [-0.3, -0.25) is 0 Å². The van der Waals surface area contributed by atoms with Crippen LogP contribution in [0.4, 0.5) is 0 Å². The highest BCUT2D eigenvalue weighted by Gasteiger charge is 2.21. The van der Waals surface area contributed by atoms with Crippen molar-refractivity contribution in [3.63, 3.8) is 0 Å². The van der Waals surface area contributed by atoms with Crippen molar-refractivity contribution >= 4 is 0 Å². The molecule has 4 aromatic rings. The van der Waals surface area contributed by atoms with E-state index in [1.165, 1.54) is 11.1 Å². The van der Waals surface area contributed by atoms with Crippen LogP contribution in [0.5, 0.6) is 5.75 Å². The zero-order valence-electron chi connectivity index (χ0n) is 28.2. The molecule has 4 nitrogen and oxygen atoms in total. The molecule has 4 aromatic carbocycles. The summed E-state index contributed by atoms with van der Waals surface area (Å²) in [6.45, 7) is 7.73. The molecule has 0 bridgehead atoms. The molecule has 46 heavy (non-hydrogen) atoms. The van der Waals surface area contributed by atoms with Crippen molar-refractivity contribution in [2.75, 3.05) is 0 Å². The molecule has 0 fully saturated rings. The number of hydrogen-bond acceptors (Lipinski definition) is 4. The lowest BCUT2D eigenvalue weighted by atomic mass is 9.99. The van der Waals surface area contributed by atoms with E-state index in [1.807, 2.05) is 24.3 Å². The zero-order valence-corrected chi connectivity index (χ0v) is 28.2. The third-order valence-corrected chi connectivity index (χ3v) is 8.77. The Morgan fingerprint density at radius 1 is 0.457 bits per heavy atom. The summed E-state index contributed by atoms with van der Waals surface area (Å²) in [4.78, 5) is 0. The van der Waals surface area contributed by atoms with Crippen molar-refractivity contribution < 1.29 is 19.3 Å². The molecule has 246 valence electrons. The third-order valence-electron chi connectivity index (χ3n) is 8.77. The Balaban J connectivity index is 1.64. The van der Waals surface area contributed by atoms with Gasteiger partial charge in [0.2, 0.25) is 0 Å². The van der Waals surface area contributed by atoms with Gasteiger partial charge in [-0.1, -0.05) is 156 Å². The highest BCUT2D eigenvalue weighted by Crippen LogP contribution is 2.34. The number of phenols is 1. The summed E-state index contributed by atoms with van der Waals surface area (Å²) in [6, 6.07) is 35.2. The molecule has 0 spiro atoms. The predicted octanol–water partition coefficient (Wildman–Crippen LogP) is 11.7. The summed E-state index contributed by atoms with van der Waals surface area (Å²) >= 11 is 0. The third kappa shape index (κ3) is 10.8. The van der Waals surface area contributed by atoms with Gasteiger partial charge >= 0.3 is 0 Å². The number of phenolic OH excluding ortho intramolecular Hbond substituents is 1. The second kappa shape index (κ2) is 19.9. The maximum absolute atomic E-state index is 11.3. The highest BCUT2D eigenvalue weighted by molar-refractivity contribution is 5.44. The number of unbranched alkanes of at least 4 members (excludes halogenated alkanes) is 3. The molecule has 0 heterocycles. The maximum Gasteiger partial charge on any atom is 0.121 e. The molecule has 0 aliphatic rings. The number of aromatic hydroxyl groups is 1. The zero-order chi connectivity index (χ0) is 32.4. The molecule has 0 aliphatic carbocycles. The SMILES string of the molecule is CCCCC(OCc1ccc(O)c(COC(CCCC)c2ccccc2)c1COC(CCCC)c1ccccc1)c1ccccc1. The van der Waals surface area contributed by atoms with Crippen molar-refractivity contribution in [1.82, 2.24) is 0 Å². The molecule has 4 heteroatoms. The van der Waals surface area contributed by atoms with Gasteiger partial charge in [0.15, 0.2) is 0 Å². The summed E-state index contributed by atoms with van der Waals surface area (Å²) in [5.41, 5.74) is 6.31. The van der Waals surface area contributed by atoms with E-state index >= 15 is 0 Å². The van der Waals surface area contributed by atoms with Crippen LogP contribution in [0, 0.1) is 0 Å². The van der Waals surface area contributed by atoms with Gasteiger partial charge in [-0.05, 0) is 53.1 Å². The lowest BCUT2D eigenvalue weighted by molar-refractivity contribution is 0.0154. The Labute approximate surface area is 277 Å². The van der Waals surface area contributed by atoms with Crippen molar-refractivity contribution in [3.8, 4) is 5.75 Å². The fourth-order valence-electron chi connectivity index (χ4n) is 5.97. The average Bonchev–Trinajstić information content (AvgIpc) is 3.11. The molecule has 4 rings (SSSR count). The van der Waals surface area contributed by atoms with E-state index in [2.05, 4.69) is 93.6 Å². The summed E-state index contributed by atoms with van der Waals surface area (Å²) in [5.74, 6) is 0.236. The lowest BCUT2D eigenvalue weighted by Crippen LogP contribution is -2.12. The van der Waals surface area contributed by atoms with Crippen molar-refractivity contribution in [3.05, 3.63) is 137 Å². The Kier molecular flexibility index (Phi) is 15.3. The van der Waals surface area contributed by atoms with Gasteiger partial charge in [-0.15, -0.1) is 0 Å². The van der Waals surface area contributed by atoms with Crippen LogP contribution >= 0.6 is 0 Å². The normalized spacial score (nSPS) is 13.4. The first-order valence-corrected chi connectivity index (χ1v) is 17.5. The molecule has 3 atom stereocenters. The van der Waals surface area contributed by atoms with Crippen LogP contribution in [0.1, 0.15) is 130 Å². The fraction of sp³-hybridized carbons (Fsp3) is 0.429. The molecule has 0 amide bonds. The van der Waals surface area contributed by atoms with E-state index in [9.17, 15) is 5.11 Å². The topological polar surface area (TPSA) is 47.9 Å². The van der Waals surface area contributed by atoms with Crippen molar-refractivity contribution in [2.24, 2.45) is 0 Å². The Morgan fingerprint density at radius 2 is 0.826 bits per heavy atom. The van der Waals surface area contributed by atoms with Crippen LogP contribution in [0.3, 0.4) is 0 Å². The Hall–Kier alpha value is -3.44. The summed E-state index contributed by atoms with van der Waals surface area (Å²) in [5, 5.41) is 11.3. The van der Waals surface area contributed by atoms with Crippen LogP contribution in [-0.2, 0) is 34.0 Å². The first-order valence-electron chi connectivity index (χ1n) is 17.5. The van der Waals surface area contributed by atoms with Crippen LogP contribution in [0.25, 0.3) is 0 Å². The van der Waals surface area contributed by atoms with Crippen LogP contribution < -0.4 is 0 Å². The number of ether oxygens (including phenoxy) is 3. The average molecular weight is 623 g/mol. The second-order valence-corrected chi connectivity index (χ2v) is 12.3. The Bertz CT molecular complexity index is 1370. The molecule has 0 saturated heterocycles. The van der Waals surface area contributed by atoms with Gasteiger partial charge in [-0.25, -0.2) is 0 Å². The molecular weight excluding hydrogens is 568 g/mol. The van der Waals surface area contributed by atoms with Gasteiger partial charge < -0.3 is 19.3 Å². The number of benzene rings is 4. The lowest BCUT2D eigenvalue weighted by Gasteiger charge is -2.25. The molecule has 1 N–H and O–H groups in total. The summed E-state index contributed by atoms with van der Waals surface area (Å²) < 4.78 is 20.1. The van der Waals surface area contributed by atoms with Gasteiger partial charge in [0.25, 0.3) is 0 Å². The minimum absolute atomic E-state index is 0.00143. The minimum Gasteiger partial charge on any atom is -0.508 e. The van der Waals surface area contributed by atoms with Crippen LogP contribution in [0.2, 0.25) is 0 Å². The first-order chi connectivity index (χ1) is 22.6. The maximum atomic E-state index is 11.3. The molecule has 0 aromatic heterocycles. The highest BCUT2D eigenvalue weighted by atomic mass is 16.5. The summed E-state index contributed by atoms with van der Waals surface area (Å²) in [7, 11) is 0. The fourth-order valence-corrected chi connectivity index (χ4v) is 5.97. The van der Waals surface area contributed by atoms with Crippen LogP contribution in [0.15, 0.2) is 103 Å². The predicted molar refractivity (Wildman–Crippen MR) is 189 cm³/mol. The van der Waals surface area contributed by atoms with Gasteiger partial charge in [-0.2, -0.15) is 0 Å². The first kappa shape index (κ1) is 35.4. The smallest absolute Gasteiger partial charge is 0.121 e. The second-order valence-electron chi connectivity index (χ2n) is 12.3. The van der Waals surface area contributed by atoms with E-state index in [4.69, 9.17) is 14.2 Å². The molecule has 0 saturated carbocycles. The summed E-state index contributed by atoms with van der Waals surface area (Å²) in [6.07, 6.45) is 9.33. The monoisotopic (exact) mass is 622 g/mol. The minimum atomic E-state index is -0.0487. The molecule has 3 unspecified atom stereocenters. The van der Waals surface area contributed by atoms with Gasteiger partial charge in [0.05, 0.1) is 38.1 Å². The van der Waals surface area contributed by atoms with Gasteiger partial charge in [0.1, 0.15) is 5.75 Å². The van der Waals surface area contributed by atoms with Gasteiger partial charge in [0, 0.05) is 5.56 Å². The van der Waals surface area contributed by atoms with E-state index < -0.39 is 0 Å². The quantitative estimate of drug-likeness (QED) is 0.100. The van der Waals surface area contributed by atoms with E-state index in [0.717, 1.165) is 80.0 Å². The standard InChI is InChI=1S/C42H54O4/c1-4-7-25-40(33-19-13-10-14-20-33)44-30-36-28-29-39(43)38(32-46-42(27-9-6-3)35-23-17-12-18-24-35)37(36)31-45-41(26-8-5-2)34-21-15-11-16-22-34/h10-24,28-29,40-43H,4-9,25-27,30-32H2,1-3H3. The molecular formula is C42H54O4. The van der Waals surface area contributed by atoms with Crippen molar-refractivity contribution in [1.29, 1.82) is 0 Å². The van der Waals surface area contributed by atoms with Crippen molar-refractivity contribution in [2.45, 2.75) is 117 Å². The molecule has 0 radical (unpaired) electrons. The van der Waals surface area contributed by atoms with E-state index in [1.54, 1.807) is 6.07 Å². The molecule has 0 aliphatic heterocycles. The van der Waals surface area contributed by atoms with E-state index in [-0.39, 0.29) is 24.1 Å². The largest absolute Gasteiger partial charge is 0.508 e. The number of hydrogen-bond donors (Lipinski definition) is 1. The number of rotatable bonds is 21. The van der Waals surface area contributed by atoms with E-state index in [0.29, 0.717) is 19.8 Å². The Morgan fingerprint density at radius 3 is 1.22 bits per heavy atom.